The van der Waals surface area contributed by atoms with E-state index in [-0.39, 0.29) is 32.5 Å². The third-order valence-corrected chi connectivity index (χ3v) is 3.82. The minimum absolute atomic E-state index is 0.0619. The number of carbonyl (C=O) groups is 2. The summed E-state index contributed by atoms with van der Waals surface area (Å²) in [7, 11) is 0. The lowest BCUT2D eigenvalue weighted by Crippen LogP contribution is -2.29. The molecule has 0 spiro atoms. The number of hydrogen-bond acceptors (Lipinski definition) is 6. The summed E-state index contributed by atoms with van der Waals surface area (Å²) in [5, 5.41) is 12.7. The maximum Gasteiger partial charge on any atom is 0.303 e. The Balaban J connectivity index is 2.73. The zero-order valence-corrected chi connectivity index (χ0v) is 14.2. The van der Waals surface area contributed by atoms with Gasteiger partial charge in [-0.1, -0.05) is 23.2 Å². The quantitative estimate of drug-likeness (QED) is 0.600. The summed E-state index contributed by atoms with van der Waals surface area (Å²) < 4.78 is 10.4. The van der Waals surface area contributed by atoms with E-state index in [4.69, 9.17) is 32.7 Å². The molecular formula is C14H12Cl2N2O6. The third kappa shape index (κ3) is 3.60. The van der Waals surface area contributed by atoms with Crippen molar-refractivity contribution in [2.45, 2.75) is 27.1 Å². The van der Waals surface area contributed by atoms with Crippen LogP contribution in [-0.4, -0.2) is 16.7 Å². The molecule has 0 fully saturated rings. The first-order chi connectivity index (χ1) is 11.2. The summed E-state index contributed by atoms with van der Waals surface area (Å²) in [5.74, 6) is -1.28. The maximum absolute atomic E-state index is 12.6. The standard InChI is InChI=1S/C14H12Cl2N2O6/c1-7(19)23-5-13-14(6-24-8(2)20)18(22)12-4-10(16)9(15)3-11(12)17(13)21/h3-4H,5-6H2,1-2H3. The zero-order chi connectivity index (χ0) is 18.0. The van der Waals surface area contributed by atoms with Crippen LogP contribution in [0, 0.1) is 10.1 Å². The molecule has 1 aromatic carbocycles. The number of ether oxygens (including phenoxy) is 2. The predicted molar refractivity (Wildman–Crippen MR) is 85.0 cm³/mol. The second-order valence-corrected chi connectivity index (χ2v) is 5.61. The van der Waals surface area contributed by atoms with Crippen LogP contribution in [0.3, 0.4) is 0 Å². The molecule has 24 heavy (non-hydrogen) atoms. The first-order valence-electron chi connectivity index (χ1n) is 6.64. The van der Waals surface area contributed by atoms with Gasteiger partial charge in [-0.25, -0.2) is 0 Å². The van der Waals surface area contributed by atoms with Gasteiger partial charge >= 0.3 is 11.9 Å². The van der Waals surface area contributed by atoms with E-state index in [1.54, 1.807) is 0 Å². The molecule has 128 valence electrons. The summed E-state index contributed by atoms with van der Waals surface area (Å²) in [6.07, 6.45) is 0. The van der Waals surface area contributed by atoms with Crippen molar-refractivity contribution in [3.63, 3.8) is 0 Å². The molecule has 0 saturated carbocycles. The fourth-order valence-corrected chi connectivity index (χ4v) is 2.32. The van der Waals surface area contributed by atoms with E-state index in [1.807, 2.05) is 0 Å². The fraction of sp³-hybridized carbons (Fsp3) is 0.286. The van der Waals surface area contributed by atoms with Crippen molar-refractivity contribution >= 4 is 46.2 Å². The van der Waals surface area contributed by atoms with Gasteiger partial charge in [-0.3, -0.25) is 9.59 Å². The van der Waals surface area contributed by atoms with Gasteiger partial charge in [-0.2, -0.15) is 0 Å². The number of benzene rings is 1. The first-order valence-corrected chi connectivity index (χ1v) is 7.40. The molecule has 2 rings (SSSR count). The minimum atomic E-state index is -0.639. The number of fused-ring (bicyclic) bond motifs is 1. The van der Waals surface area contributed by atoms with Crippen LogP contribution < -0.4 is 4.43 Å². The van der Waals surface area contributed by atoms with Gasteiger partial charge in [0.2, 0.25) is 0 Å². The number of nitrogens with zero attached hydrogens (tertiary/aromatic N) is 2. The van der Waals surface area contributed by atoms with Crippen molar-refractivity contribution in [2.24, 2.45) is 0 Å². The second-order valence-electron chi connectivity index (χ2n) is 4.80. The van der Waals surface area contributed by atoms with E-state index < -0.39 is 25.2 Å². The Bertz CT molecular complexity index is 893. The SMILES string of the molecule is CC(=O)OCc1c(COC(C)=O)[n+](=O)c2cc(Cl)c(Cl)cc2n1[O-]. The Labute approximate surface area is 145 Å². The highest BCUT2D eigenvalue weighted by atomic mass is 35.5. The van der Waals surface area contributed by atoms with E-state index in [1.165, 1.54) is 12.1 Å². The normalized spacial score (nSPS) is 10.7. The van der Waals surface area contributed by atoms with E-state index in [0.717, 1.165) is 13.8 Å². The van der Waals surface area contributed by atoms with Crippen molar-refractivity contribution in [1.29, 1.82) is 0 Å². The molecule has 1 heterocycles. The van der Waals surface area contributed by atoms with Crippen LogP contribution in [0.25, 0.3) is 11.0 Å². The molecule has 0 saturated heterocycles. The van der Waals surface area contributed by atoms with Crippen LogP contribution in [0.4, 0.5) is 0 Å². The number of aromatic nitrogens is 2. The maximum atomic E-state index is 12.6. The van der Waals surface area contributed by atoms with Crippen LogP contribution in [0.2, 0.25) is 10.0 Å². The smallest absolute Gasteiger partial charge is 0.303 e. The van der Waals surface area contributed by atoms with Gasteiger partial charge in [0.15, 0.2) is 6.61 Å². The number of esters is 2. The molecule has 2 aromatic rings. The lowest BCUT2D eigenvalue weighted by molar-refractivity contribution is -0.479. The highest BCUT2D eigenvalue weighted by Gasteiger charge is 2.25. The average molecular weight is 375 g/mol. The van der Waals surface area contributed by atoms with Gasteiger partial charge in [0, 0.05) is 24.8 Å². The van der Waals surface area contributed by atoms with Crippen molar-refractivity contribution in [3.8, 4) is 0 Å². The van der Waals surface area contributed by atoms with Crippen molar-refractivity contribution < 1.29 is 23.5 Å². The Morgan fingerprint density at radius 1 is 1.12 bits per heavy atom. The number of carbonyl (C=O) groups excluding carboxylic acids is 2. The second kappa shape index (κ2) is 7.06. The molecule has 0 bridgehead atoms. The largest absolute Gasteiger partial charge is 0.805 e. The van der Waals surface area contributed by atoms with Crippen molar-refractivity contribution in [3.05, 3.63) is 43.7 Å². The van der Waals surface area contributed by atoms with Crippen LogP contribution in [0.15, 0.2) is 12.1 Å². The fourth-order valence-electron chi connectivity index (χ4n) is 2.00. The molecule has 10 heteroatoms. The van der Waals surface area contributed by atoms with Crippen LogP contribution in [-0.2, 0) is 32.3 Å². The van der Waals surface area contributed by atoms with Gasteiger partial charge in [0.05, 0.1) is 14.5 Å². The monoisotopic (exact) mass is 374 g/mol. The number of halogens is 2. The van der Waals surface area contributed by atoms with E-state index >= 15 is 0 Å². The Morgan fingerprint density at radius 2 is 1.67 bits per heavy atom. The van der Waals surface area contributed by atoms with E-state index in [9.17, 15) is 19.7 Å². The summed E-state index contributed by atoms with van der Waals surface area (Å²) in [4.78, 5) is 34.6. The lowest BCUT2D eigenvalue weighted by Gasteiger charge is -2.19. The molecule has 1 aromatic heterocycles. The molecule has 0 aliphatic rings. The van der Waals surface area contributed by atoms with Gasteiger partial charge in [0.25, 0.3) is 11.2 Å². The topological polar surface area (TPSA) is 104 Å². The lowest BCUT2D eigenvalue weighted by atomic mass is 10.2. The van der Waals surface area contributed by atoms with Crippen LogP contribution in [0.1, 0.15) is 25.2 Å². The Kier molecular flexibility index (Phi) is 5.30. The highest BCUT2D eigenvalue weighted by Crippen LogP contribution is 2.27. The molecular weight excluding hydrogens is 363 g/mol. The minimum Gasteiger partial charge on any atom is -0.805 e. The highest BCUT2D eigenvalue weighted by molar-refractivity contribution is 6.42. The van der Waals surface area contributed by atoms with E-state index in [0.29, 0.717) is 9.16 Å². The van der Waals surface area contributed by atoms with Gasteiger partial charge in [0.1, 0.15) is 17.8 Å². The first kappa shape index (κ1) is 18.0. The number of hydrogen-bond donors (Lipinski definition) is 0. The average Bonchev–Trinajstić information content (AvgIpc) is 2.50. The molecule has 0 radical (unpaired) electrons. The molecule has 0 aliphatic heterocycles. The number of rotatable bonds is 4. The Morgan fingerprint density at radius 3 is 2.25 bits per heavy atom. The van der Waals surface area contributed by atoms with Crippen LogP contribution >= 0.6 is 23.2 Å². The zero-order valence-electron chi connectivity index (χ0n) is 12.7. The van der Waals surface area contributed by atoms with Gasteiger partial charge < -0.3 is 19.4 Å². The molecule has 0 unspecified atom stereocenters. The van der Waals surface area contributed by atoms with Gasteiger partial charge in [-0.05, 0) is 6.07 Å². The molecule has 0 N–H and O–H groups in total. The Hall–Kier alpha value is -2.32. The summed E-state index contributed by atoms with van der Waals surface area (Å²) in [6.45, 7) is 1.38. The predicted octanol–water partition coefficient (Wildman–Crippen LogP) is 2.33. The van der Waals surface area contributed by atoms with Gasteiger partial charge in [-0.15, -0.1) is 0 Å². The van der Waals surface area contributed by atoms with Crippen molar-refractivity contribution in [2.75, 3.05) is 0 Å². The van der Waals surface area contributed by atoms with Crippen molar-refractivity contribution in [1.82, 2.24) is 4.73 Å². The third-order valence-electron chi connectivity index (χ3n) is 3.10. The molecule has 0 amide bonds. The molecule has 0 atom stereocenters. The summed E-state index contributed by atoms with van der Waals surface area (Å²) in [5.41, 5.74) is -0.471. The summed E-state index contributed by atoms with van der Waals surface area (Å²) >= 11 is 11.8. The molecule has 8 nitrogen and oxygen atoms in total. The molecule has 0 aliphatic carbocycles. The van der Waals surface area contributed by atoms with Crippen LogP contribution in [0.5, 0.6) is 0 Å². The summed E-state index contributed by atoms with van der Waals surface area (Å²) in [6, 6.07) is 2.46. The van der Waals surface area contributed by atoms with E-state index in [2.05, 4.69) is 0 Å².